The normalized spacial score (nSPS) is 18.6. The monoisotopic (exact) mass is 385 g/mol. The summed E-state index contributed by atoms with van der Waals surface area (Å²) in [6.07, 6.45) is 1.04. The van der Waals surface area contributed by atoms with Crippen LogP contribution in [0.2, 0.25) is 0 Å². The second kappa shape index (κ2) is 6.79. The van der Waals surface area contributed by atoms with Gasteiger partial charge in [-0.05, 0) is 31.0 Å². The van der Waals surface area contributed by atoms with E-state index in [1.165, 1.54) is 10.4 Å². The number of hydrogen-bond donors (Lipinski definition) is 2. The topological polar surface area (TPSA) is 103 Å². The lowest BCUT2D eigenvalue weighted by Crippen LogP contribution is -2.42. The Morgan fingerprint density at radius 1 is 1.19 bits per heavy atom. The molecule has 0 saturated carbocycles. The highest BCUT2D eigenvalue weighted by Crippen LogP contribution is 2.27. The summed E-state index contributed by atoms with van der Waals surface area (Å²) < 4.78 is 27.2. The van der Waals surface area contributed by atoms with E-state index in [0.29, 0.717) is 36.2 Å². The number of imidazole rings is 1. The van der Waals surface area contributed by atoms with Crippen LogP contribution in [0.3, 0.4) is 0 Å². The maximum Gasteiger partial charge on any atom is 0.307 e. The molecule has 8 heteroatoms. The van der Waals surface area contributed by atoms with Gasteiger partial charge in [0.25, 0.3) is 0 Å². The number of carbonyl (C=O) groups is 1. The molecule has 2 aromatic carbocycles. The molecule has 1 aliphatic heterocycles. The molecule has 7 nitrogen and oxygen atoms in total. The van der Waals surface area contributed by atoms with Crippen molar-refractivity contribution >= 4 is 27.0 Å². The van der Waals surface area contributed by atoms with Crippen molar-refractivity contribution in [2.45, 2.75) is 17.7 Å². The molecule has 3 aromatic rings. The van der Waals surface area contributed by atoms with Crippen LogP contribution in [-0.2, 0) is 14.8 Å². The van der Waals surface area contributed by atoms with E-state index < -0.39 is 21.9 Å². The van der Waals surface area contributed by atoms with Gasteiger partial charge in [-0.15, -0.1) is 0 Å². The number of aliphatic carboxylic acids is 1. The van der Waals surface area contributed by atoms with Crippen molar-refractivity contribution in [3.63, 3.8) is 0 Å². The Hall–Kier alpha value is -2.71. The van der Waals surface area contributed by atoms with Gasteiger partial charge in [0.2, 0.25) is 10.0 Å². The highest BCUT2D eigenvalue weighted by Gasteiger charge is 2.33. The molecular weight excluding hydrogens is 366 g/mol. The van der Waals surface area contributed by atoms with E-state index in [1.54, 1.807) is 12.1 Å². The van der Waals surface area contributed by atoms with Gasteiger partial charge in [-0.3, -0.25) is 4.79 Å². The second-order valence-corrected chi connectivity index (χ2v) is 8.61. The van der Waals surface area contributed by atoms with E-state index in [2.05, 4.69) is 9.97 Å². The largest absolute Gasteiger partial charge is 0.481 e. The van der Waals surface area contributed by atoms with Crippen LogP contribution < -0.4 is 0 Å². The highest BCUT2D eigenvalue weighted by atomic mass is 32.2. The number of benzene rings is 2. The van der Waals surface area contributed by atoms with Gasteiger partial charge in [0.1, 0.15) is 5.82 Å². The fourth-order valence-corrected chi connectivity index (χ4v) is 4.94. The summed E-state index contributed by atoms with van der Waals surface area (Å²) >= 11 is 0. The van der Waals surface area contributed by atoms with Gasteiger partial charge in [0.15, 0.2) is 0 Å². The molecule has 1 aliphatic rings. The summed E-state index contributed by atoms with van der Waals surface area (Å²) in [5.74, 6) is -0.940. The predicted octanol–water partition coefficient (Wildman–Crippen LogP) is 2.72. The molecule has 1 saturated heterocycles. The van der Waals surface area contributed by atoms with Crippen LogP contribution in [-0.4, -0.2) is 46.9 Å². The number of aromatic amines is 1. The summed E-state index contributed by atoms with van der Waals surface area (Å²) in [7, 11) is -3.75. The molecule has 0 spiro atoms. The van der Waals surface area contributed by atoms with Crippen molar-refractivity contribution in [2.24, 2.45) is 5.92 Å². The average Bonchev–Trinajstić information content (AvgIpc) is 3.12. The SMILES string of the molecule is O=C(O)[C@H]1CCCN(S(=O)(=O)c2ccc3nc(-c4ccccc4)[nH]c3c2)C1. The zero-order chi connectivity index (χ0) is 19.0. The van der Waals surface area contributed by atoms with Crippen LogP contribution in [0.1, 0.15) is 12.8 Å². The number of sulfonamides is 1. The molecule has 2 heterocycles. The van der Waals surface area contributed by atoms with E-state index in [-0.39, 0.29) is 11.4 Å². The first-order valence-electron chi connectivity index (χ1n) is 8.73. The third kappa shape index (κ3) is 3.33. The Kier molecular flexibility index (Phi) is 4.45. The zero-order valence-corrected chi connectivity index (χ0v) is 15.3. The van der Waals surface area contributed by atoms with E-state index in [4.69, 9.17) is 0 Å². The molecule has 4 rings (SSSR count). The molecule has 140 valence electrons. The quantitative estimate of drug-likeness (QED) is 0.719. The zero-order valence-electron chi connectivity index (χ0n) is 14.5. The lowest BCUT2D eigenvalue weighted by molar-refractivity contribution is -0.142. The minimum atomic E-state index is -3.75. The van der Waals surface area contributed by atoms with Crippen molar-refractivity contribution in [2.75, 3.05) is 13.1 Å². The number of fused-ring (bicyclic) bond motifs is 1. The Labute approximate surface area is 156 Å². The van der Waals surface area contributed by atoms with Gasteiger partial charge in [-0.2, -0.15) is 4.31 Å². The van der Waals surface area contributed by atoms with Crippen LogP contribution in [0.5, 0.6) is 0 Å². The number of nitrogens with one attached hydrogen (secondary N) is 1. The minimum absolute atomic E-state index is 0.00788. The lowest BCUT2D eigenvalue weighted by atomic mass is 10.0. The molecular formula is C19H19N3O4S. The number of H-pyrrole nitrogens is 1. The maximum absolute atomic E-state index is 13.0. The second-order valence-electron chi connectivity index (χ2n) is 6.67. The molecule has 0 bridgehead atoms. The number of carboxylic acid groups (broad SMARTS) is 1. The Morgan fingerprint density at radius 2 is 1.96 bits per heavy atom. The van der Waals surface area contributed by atoms with Crippen LogP contribution in [0.4, 0.5) is 0 Å². The first-order chi connectivity index (χ1) is 12.9. The maximum atomic E-state index is 13.0. The predicted molar refractivity (Wildman–Crippen MR) is 101 cm³/mol. The molecule has 1 atom stereocenters. The van der Waals surface area contributed by atoms with Crippen molar-refractivity contribution < 1.29 is 18.3 Å². The Morgan fingerprint density at radius 3 is 2.70 bits per heavy atom. The number of nitrogens with zero attached hydrogens (tertiary/aromatic N) is 2. The first kappa shape index (κ1) is 17.7. The lowest BCUT2D eigenvalue weighted by Gasteiger charge is -2.29. The number of piperidine rings is 1. The third-order valence-electron chi connectivity index (χ3n) is 4.87. The van der Waals surface area contributed by atoms with Crippen LogP contribution in [0.25, 0.3) is 22.4 Å². The van der Waals surface area contributed by atoms with Gasteiger partial charge >= 0.3 is 5.97 Å². The van der Waals surface area contributed by atoms with E-state index in [9.17, 15) is 18.3 Å². The summed E-state index contributed by atoms with van der Waals surface area (Å²) in [5, 5.41) is 9.21. The summed E-state index contributed by atoms with van der Waals surface area (Å²) in [4.78, 5) is 19.1. The molecule has 0 aliphatic carbocycles. The smallest absolute Gasteiger partial charge is 0.307 e. The van der Waals surface area contributed by atoms with Gasteiger partial charge in [-0.25, -0.2) is 13.4 Å². The first-order valence-corrected chi connectivity index (χ1v) is 10.2. The van der Waals surface area contributed by atoms with Crippen LogP contribution in [0, 0.1) is 5.92 Å². The summed E-state index contributed by atoms with van der Waals surface area (Å²) in [6.45, 7) is 0.344. The molecule has 2 N–H and O–H groups in total. The van der Waals surface area contributed by atoms with Crippen molar-refractivity contribution in [1.82, 2.24) is 14.3 Å². The summed E-state index contributed by atoms with van der Waals surface area (Å²) in [5.41, 5.74) is 2.22. The van der Waals surface area contributed by atoms with E-state index in [1.807, 2.05) is 30.3 Å². The fraction of sp³-hybridized carbons (Fsp3) is 0.263. The average molecular weight is 385 g/mol. The Balaban J connectivity index is 1.68. The molecule has 0 amide bonds. The molecule has 1 fully saturated rings. The van der Waals surface area contributed by atoms with Crippen LogP contribution in [0.15, 0.2) is 53.4 Å². The minimum Gasteiger partial charge on any atom is -0.481 e. The fourth-order valence-electron chi connectivity index (χ4n) is 3.39. The number of carboxylic acids is 1. The third-order valence-corrected chi connectivity index (χ3v) is 6.73. The molecule has 0 unspecified atom stereocenters. The van der Waals surface area contributed by atoms with Gasteiger partial charge in [0.05, 0.1) is 21.8 Å². The van der Waals surface area contributed by atoms with Crippen molar-refractivity contribution in [3.05, 3.63) is 48.5 Å². The molecule has 0 radical (unpaired) electrons. The molecule has 1 aromatic heterocycles. The highest BCUT2D eigenvalue weighted by molar-refractivity contribution is 7.89. The van der Waals surface area contributed by atoms with Crippen molar-refractivity contribution in [1.29, 1.82) is 0 Å². The van der Waals surface area contributed by atoms with Gasteiger partial charge < -0.3 is 10.1 Å². The molecule has 27 heavy (non-hydrogen) atoms. The number of aromatic nitrogens is 2. The van der Waals surface area contributed by atoms with E-state index >= 15 is 0 Å². The van der Waals surface area contributed by atoms with Crippen molar-refractivity contribution in [3.8, 4) is 11.4 Å². The Bertz CT molecular complexity index is 1090. The number of rotatable bonds is 4. The standard InChI is InChI=1S/C19H19N3O4S/c23-19(24)14-7-4-10-22(12-14)27(25,26)15-8-9-16-17(11-15)21-18(20-16)13-5-2-1-3-6-13/h1-3,5-6,8-9,11,14H,4,7,10,12H2,(H,20,21)(H,23,24)/t14-/m0/s1. The van der Waals surface area contributed by atoms with Gasteiger partial charge in [0, 0.05) is 18.7 Å². The van der Waals surface area contributed by atoms with E-state index in [0.717, 1.165) is 5.56 Å². The van der Waals surface area contributed by atoms with Crippen LogP contribution >= 0.6 is 0 Å². The van der Waals surface area contributed by atoms with Gasteiger partial charge in [-0.1, -0.05) is 30.3 Å². The number of hydrogen-bond acceptors (Lipinski definition) is 4. The summed E-state index contributed by atoms with van der Waals surface area (Å²) in [6, 6.07) is 14.3.